The lowest BCUT2D eigenvalue weighted by atomic mass is 10.0. The minimum absolute atomic E-state index is 0.0676. The van der Waals surface area contributed by atoms with Crippen molar-refractivity contribution >= 4 is 26.7 Å². The molecule has 2 aromatic carbocycles. The quantitative estimate of drug-likeness (QED) is 0.628. The van der Waals surface area contributed by atoms with E-state index in [1.165, 1.54) is 6.07 Å². The van der Waals surface area contributed by atoms with Gasteiger partial charge in [0.15, 0.2) is 16.4 Å². The van der Waals surface area contributed by atoms with E-state index >= 15 is 0 Å². The molecule has 0 radical (unpaired) electrons. The van der Waals surface area contributed by atoms with E-state index in [0.717, 1.165) is 16.5 Å². The summed E-state index contributed by atoms with van der Waals surface area (Å²) in [6, 6.07) is 16.0. The molecular weight excluding hydrogens is 406 g/mol. The van der Waals surface area contributed by atoms with Crippen LogP contribution in [0.25, 0.3) is 22.1 Å². The van der Waals surface area contributed by atoms with E-state index in [-0.39, 0.29) is 18.1 Å². The van der Waals surface area contributed by atoms with Crippen LogP contribution in [0.3, 0.4) is 0 Å². The lowest BCUT2D eigenvalue weighted by molar-refractivity contribution is -0.124. The fourth-order valence-electron chi connectivity index (χ4n) is 3.72. The van der Waals surface area contributed by atoms with E-state index in [1.54, 1.807) is 25.1 Å². The van der Waals surface area contributed by atoms with Crippen LogP contribution in [0.5, 0.6) is 5.75 Å². The second-order valence-corrected chi connectivity index (χ2v) is 9.93. The lowest BCUT2D eigenvalue weighted by Crippen LogP contribution is -2.48. The Kier molecular flexibility index (Phi) is 5.11. The number of benzene rings is 2. The third kappa shape index (κ3) is 4.38. The van der Waals surface area contributed by atoms with Gasteiger partial charge >= 0.3 is 5.63 Å². The highest BCUT2D eigenvalue weighted by Gasteiger charge is 2.39. The standard InChI is InChI=1S/C22H21NO6S/c1-22(9-10-30(26,27)14-22)23-20(24)13-28-16-7-8-17-18(15-5-3-2-4-6-15)12-21(25)29-19(17)11-16/h2-8,11-12H,9-10,13-14H2,1H3,(H,23,24)/t22-/m0/s1. The van der Waals surface area contributed by atoms with E-state index in [1.807, 2.05) is 30.3 Å². The lowest BCUT2D eigenvalue weighted by Gasteiger charge is -2.23. The van der Waals surface area contributed by atoms with E-state index < -0.39 is 26.9 Å². The van der Waals surface area contributed by atoms with Crippen LogP contribution in [-0.2, 0) is 14.6 Å². The number of ether oxygens (including phenoxy) is 1. The highest BCUT2D eigenvalue weighted by atomic mass is 32.2. The summed E-state index contributed by atoms with van der Waals surface area (Å²) in [7, 11) is -3.12. The van der Waals surface area contributed by atoms with Crippen molar-refractivity contribution in [3.63, 3.8) is 0 Å². The molecule has 2 heterocycles. The summed E-state index contributed by atoms with van der Waals surface area (Å²) < 4.78 is 34.2. The highest BCUT2D eigenvalue weighted by Crippen LogP contribution is 2.29. The van der Waals surface area contributed by atoms with Crippen molar-refractivity contribution in [1.29, 1.82) is 0 Å². The first-order chi connectivity index (χ1) is 14.2. The van der Waals surface area contributed by atoms with Gasteiger partial charge in [0.1, 0.15) is 11.3 Å². The van der Waals surface area contributed by atoms with Crippen LogP contribution in [0.1, 0.15) is 13.3 Å². The van der Waals surface area contributed by atoms with Gasteiger partial charge in [-0.2, -0.15) is 0 Å². The van der Waals surface area contributed by atoms with Crippen molar-refractivity contribution in [3.05, 3.63) is 65.0 Å². The summed E-state index contributed by atoms with van der Waals surface area (Å²) >= 11 is 0. The molecule has 4 rings (SSSR count). The smallest absolute Gasteiger partial charge is 0.336 e. The molecule has 0 aliphatic carbocycles. The van der Waals surface area contributed by atoms with E-state index in [9.17, 15) is 18.0 Å². The van der Waals surface area contributed by atoms with Gasteiger partial charge in [0.2, 0.25) is 0 Å². The molecule has 0 bridgehead atoms. The SMILES string of the molecule is C[C@]1(NC(=O)COc2ccc3c(-c4ccccc4)cc(=O)oc3c2)CCS(=O)(=O)C1. The molecule has 3 aromatic rings. The van der Waals surface area contributed by atoms with Crippen LogP contribution < -0.4 is 15.7 Å². The van der Waals surface area contributed by atoms with Crippen molar-refractivity contribution in [2.24, 2.45) is 0 Å². The van der Waals surface area contributed by atoms with Crippen molar-refractivity contribution in [2.45, 2.75) is 18.9 Å². The maximum Gasteiger partial charge on any atom is 0.336 e. The molecule has 0 spiro atoms. The van der Waals surface area contributed by atoms with E-state index in [2.05, 4.69) is 5.32 Å². The van der Waals surface area contributed by atoms with Gasteiger partial charge in [-0.05, 0) is 36.6 Å². The fraction of sp³-hybridized carbons (Fsp3) is 0.273. The summed E-state index contributed by atoms with van der Waals surface area (Å²) in [5.74, 6) is -0.0443. The summed E-state index contributed by atoms with van der Waals surface area (Å²) in [4.78, 5) is 24.3. The maximum atomic E-state index is 12.2. The first kappa shape index (κ1) is 20.2. The Labute approximate surface area is 173 Å². The van der Waals surface area contributed by atoms with E-state index in [4.69, 9.17) is 9.15 Å². The monoisotopic (exact) mass is 427 g/mol. The number of sulfone groups is 1. The minimum atomic E-state index is -3.12. The number of hydrogen-bond acceptors (Lipinski definition) is 6. The first-order valence-corrected chi connectivity index (χ1v) is 11.3. The fourth-order valence-corrected chi connectivity index (χ4v) is 5.81. The Morgan fingerprint density at radius 2 is 1.93 bits per heavy atom. The first-order valence-electron chi connectivity index (χ1n) is 9.51. The van der Waals surface area contributed by atoms with Crippen LogP contribution in [0.15, 0.2) is 63.8 Å². The van der Waals surface area contributed by atoms with Crippen LogP contribution in [0.2, 0.25) is 0 Å². The molecule has 1 aliphatic rings. The third-order valence-electron chi connectivity index (χ3n) is 5.12. The molecule has 1 aromatic heterocycles. The molecule has 0 saturated carbocycles. The Hall–Kier alpha value is -3.13. The zero-order chi connectivity index (χ0) is 21.4. The second kappa shape index (κ2) is 7.60. The Bertz CT molecular complexity index is 1270. The predicted molar refractivity (Wildman–Crippen MR) is 113 cm³/mol. The second-order valence-electron chi connectivity index (χ2n) is 7.74. The molecule has 1 N–H and O–H groups in total. The molecule has 8 heteroatoms. The highest BCUT2D eigenvalue weighted by molar-refractivity contribution is 7.91. The number of hydrogen-bond donors (Lipinski definition) is 1. The normalized spacial score (nSPS) is 20.2. The Morgan fingerprint density at radius 3 is 2.63 bits per heavy atom. The average molecular weight is 427 g/mol. The van der Waals surface area contributed by atoms with Gasteiger partial charge in [-0.3, -0.25) is 4.79 Å². The molecular formula is C22H21NO6S. The molecule has 1 fully saturated rings. The molecule has 156 valence electrons. The minimum Gasteiger partial charge on any atom is -0.484 e. The zero-order valence-corrected chi connectivity index (χ0v) is 17.2. The van der Waals surface area contributed by atoms with Crippen LogP contribution in [0, 0.1) is 0 Å². The number of carbonyl (C=O) groups is 1. The van der Waals surface area contributed by atoms with Gasteiger partial charge in [0.05, 0.1) is 17.0 Å². The van der Waals surface area contributed by atoms with E-state index in [0.29, 0.717) is 17.8 Å². The number of amides is 1. The van der Waals surface area contributed by atoms with Gasteiger partial charge < -0.3 is 14.5 Å². The molecule has 0 unspecified atom stereocenters. The number of nitrogens with one attached hydrogen (secondary N) is 1. The van der Waals surface area contributed by atoms with Crippen LogP contribution in [0.4, 0.5) is 0 Å². The summed E-state index contributed by atoms with van der Waals surface area (Å²) in [6.07, 6.45) is 0.379. The van der Waals surface area contributed by atoms with Gasteiger partial charge in [-0.15, -0.1) is 0 Å². The van der Waals surface area contributed by atoms with Crippen LogP contribution in [-0.4, -0.2) is 38.0 Å². The molecule has 30 heavy (non-hydrogen) atoms. The molecule has 1 atom stereocenters. The number of carbonyl (C=O) groups excluding carboxylic acids is 1. The number of fused-ring (bicyclic) bond motifs is 1. The average Bonchev–Trinajstić information content (AvgIpc) is 2.98. The van der Waals surface area contributed by atoms with Crippen molar-refractivity contribution in [3.8, 4) is 16.9 Å². The summed E-state index contributed by atoms with van der Waals surface area (Å²) in [5, 5.41) is 3.49. The van der Waals surface area contributed by atoms with Crippen LogP contribution >= 0.6 is 0 Å². The van der Waals surface area contributed by atoms with Crippen molar-refractivity contribution < 1.29 is 22.4 Å². The summed E-state index contributed by atoms with van der Waals surface area (Å²) in [5.41, 5.74) is 0.740. The van der Waals surface area contributed by atoms with Gasteiger partial charge in [-0.25, -0.2) is 13.2 Å². The Balaban J connectivity index is 1.51. The molecule has 1 aliphatic heterocycles. The van der Waals surface area contributed by atoms with Gasteiger partial charge in [0.25, 0.3) is 5.91 Å². The van der Waals surface area contributed by atoms with Gasteiger partial charge in [0, 0.05) is 17.5 Å². The molecule has 7 nitrogen and oxygen atoms in total. The molecule has 1 amide bonds. The topological polar surface area (TPSA) is 103 Å². The van der Waals surface area contributed by atoms with Crippen molar-refractivity contribution in [2.75, 3.05) is 18.1 Å². The van der Waals surface area contributed by atoms with Crippen molar-refractivity contribution in [1.82, 2.24) is 5.32 Å². The predicted octanol–water partition coefficient (Wildman–Crippen LogP) is 2.53. The largest absolute Gasteiger partial charge is 0.484 e. The molecule has 1 saturated heterocycles. The maximum absolute atomic E-state index is 12.2. The Morgan fingerprint density at radius 1 is 1.17 bits per heavy atom. The third-order valence-corrected chi connectivity index (χ3v) is 7.02. The zero-order valence-electron chi connectivity index (χ0n) is 16.4. The van der Waals surface area contributed by atoms with Gasteiger partial charge in [-0.1, -0.05) is 30.3 Å². The summed E-state index contributed by atoms with van der Waals surface area (Å²) in [6.45, 7) is 1.44. The number of rotatable bonds is 5.